The summed E-state index contributed by atoms with van der Waals surface area (Å²) in [6, 6.07) is 18.5. The van der Waals surface area contributed by atoms with E-state index in [1.165, 1.54) is 0 Å². The highest BCUT2D eigenvalue weighted by atomic mass is 31.2. The van der Waals surface area contributed by atoms with E-state index in [1.807, 2.05) is 60.7 Å². The zero-order valence-corrected chi connectivity index (χ0v) is 16.4. The van der Waals surface area contributed by atoms with Gasteiger partial charge in [-0.3, -0.25) is 9.59 Å². The molecule has 0 saturated heterocycles. The second-order valence-electron chi connectivity index (χ2n) is 6.90. The predicted octanol–water partition coefficient (Wildman–Crippen LogP) is 3.69. The summed E-state index contributed by atoms with van der Waals surface area (Å²) in [7, 11) is -3.24. The molecular weight excluding hydrogens is 359 g/mol. The standard InChI is InChI=1S/C22H25O4P/c1-2-26-21(24)16-17-10-9-15-20(23)22(17)27(25,18-11-5-3-6-12-18)19-13-7-4-8-14-19/h3-8,11-14,17,22H,2,9-10,15-16H2,1H3. The quantitative estimate of drug-likeness (QED) is 0.563. The number of ketones is 1. The molecule has 3 rings (SSSR count). The van der Waals surface area contributed by atoms with Crippen LogP contribution in [0.3, 0.4) is 0 Å². The van der Waals surface area contributed by atoms with Gasteiger partial charge in [-0.1, -0.05) is 60.7 Å². The minimum absolute atomic E-state index is 0.00779. The molecule has 2 aromatic carbocycles. The topological polar surface area (TPSA) is 60.4 Å². The van der Waals surface area contributed by atoms with Gasteiger partial charge in [-0.2, -0.15) is 0 Å². The van der Waals surface area contributed by atoms with Crippen molar-refractivity contribution in [3.05, 3.63) is 60.7 Å². The molecule has 0 bridgehead atoms. The molecule has 1 aliphatic rings. The van der Waals surface area contributed by atoms with E-state index in [1.54, 1.807) is 6.92 Å². The summed E-state index contributed by atoms with van der Waals surface area (Å²) in [5.74, 6) is -0.599. The summed E-state index contributed by atoms with van der Waals surface area (Å²) in [6.07, 6.45) is 1.98. The highest BCUT2D eigenvalue weighted by Gasteiger charge is 2.47. The van der Waals surface area contributed by atoms with Crippen molar-refractivity contribution >= 4 is 29.5 Å². The summed E-state index contributed by atoms with van der Waals surface area (Å²) < 4.78 is 19.7. The molecule has 2 aromatic rings. The second-order valence-corrected chi connectivity index (χ2v) is 9.81. The predicted molar refractivity (Wildman–Crippen MR) is 107 cm³/mol. The van der Waals surface area contributed by atoms with Gasteiger partial charge in [0.2, 0.25) is 0 Å². The number of benzene rings is 2. The summed E-state index contributed by atoms with van der Waals surface area (Å²) in [5, 5.41) is 1.34. The lowest BCUT2D eigenvalue weighted by molar-refractivity contribution is -0.144. The van der Waals surface area contributed by atoms with E-state index >= 15 is 0 Å². The molecule has 1 aliphatic carbocycles. The molecule has 0 amide bonds. The number of hydrogen-bond donors (Lipinski definition) is 0. The van der Waals surface area contributed by atoms with Crippen LogP contribution in [0.5, 0.6) is 0 Å². The van der Waals surface area contributed by atoms with Crippen LogP contribution in [0.1, 0.15) is 32.6 Å². The third-order valence-corrected chi connectivity index (χ3v) is 8.80. The van der Waals surface area contributed by atoms with Gasteiger partial charge in [0.05, 0.1) is 12.3 Å². The molecule has 4 nitrogen and oxygen atoms in total. The Kier molecular flexibility index (Phi) is 6.28. The molecule has 0 spiro atoms. The molecule has 2 unspecified atom stereocenters. The lowest BCUT2D eigenvalue weighted by Gasteiger charge is -2.36. The SMILES string of the molecule is CCOC(=O)CC1CCCC(=O)C1P(=O)(c1ccccc1)c1ccccc1. The Hall–Kier alpha value is -2.19. The molecule has 0 heterocycles. The highest BCUT2D eigenvalue weighted by Crippen LogP contribution is 2.55. The number of carbonyl (C=O) groups is 2. The monoisotopic (exact) mass is 384 g/mol. The number of rotatable bonds is 6. The van der Waals surface area contributed by atoms with Gasteiger partial charge in [-0.25, -0.2) is 0 Å². The van der Waals surface area contributed by atoms with Gasteiger partial charge in [0.25, 0.3) is 0 Å². The lowest BCUT2D eigenvalue weighted by Crippen LogP contribution is -2.41. The van der Waals surface area contributed by atoms with Crippen LogP contribution >= 0.6 is 7.14 Å². The Morgan fingerprint density at radius 3 is 2.11 bits per heavy atom. The van der Waals surface area contributed by atoms with Crippen molar-refractivity contribution in [3.63, 3.8) is 0 Å². The van der Waals surface area contributed by atoms with Crippen molar-refractivity contribution in [2.24, 2.45) is 5.92 Å². The first-order valence-electron chi connectivity index (χ1n) is 9.46. The van der Waals surface area contributed by atoms with Gasteiger partial charge in [-0.05, 0) is 25.7 Å². The van der Waals surface area contributed by atoms with Crippen molar-refractivity contribution < 1.29 is 18.9 Å². The van der Waals surface area contributed by atoms with E-state index in [2.05, 4.69) is 0 Å². The van der Waals surface area contributed by atoms with Crippen LogP contribution in [0.15, 0.2) is 60.7 Å². The molecule has 0 aliphatic heterocycles. The Morgan fingerprint density at radius 2 is 1.59 bits per heavy atom. The van der Waals surface area contributed by atoms with Crippen molar-refractivity contribution in [1.82, 2.24) is 0 Å². The molecule has 0 aromatic heterocycles. The molecule has 2 atom stereocenters. The number of Topliss-reactive ketones (excluding diaryl/α,β-unsaturated/α-hetero) is 1. The fraction of sp³-hybridized carbons (Fsp3) is 0.364. The zero-order chi connectivity index (χ0) is 19.3. The Labute approximate surface area is 160 Å². The van der Waals surface area contributed by atoms with Gasteiger partial charge in [0, 0.05) is 23.5 Å². The van der Waals surface area contributed by atoms with Crippen LogP contribution in [-0.2, 0) is 18.9 Å². The molecule has 1 fully saturated rings. The van der Waals surface area contributed by atoms with Crippen molar-refractivity contribution in [3.8, 4) is 0 Å². The number of esters is 1. The first kappa shape index (κ1) is 19.6. The van der Waals surface area contributed by atoms with E-state index in [0.717, 1.165) is 6.42 Å². The van der Waals surface area contributed by atoms with Crippen LogP contribution in [0.4, 0.5) is 0 Å². The maximum absolute atomic E-state index is 14.6. The maximum atomic E-state index is 14.6. The third kappa shape index (κ3) is 4.06. The van der Waals surface area contributed by atoms with Crippen LogP contribution < -0.4 is 10.6 Å². The molecule has 142 valence electrons. The Morgan fingerprint density at radius 1 is 1.04 bits per heavy atom. The van der Waals surface area contributed by atoms with E-state index < -0.39 is 12.8 Å². The number of ether oxygens (including phenoxy) is 1. The van der Waals surface area contributed by atoms with Crippen LogP contribution in [0.2, 0.25) is 0 Å². The Balaban J connectivity index is 2.10. The minimum atomic E-state index is -3.24. The van der Waals surface area contributed by atoms with Gasteiger partial charge in [0.15, 0.2) is 7.14 Å². The average Bonchev–Trinajstić information content (AvgIpc) is 2.69. The average molecular weight is 384 g/mol. The highest BCUT2D eigenvalue weighted by molar-refractivity contribution is 7.80. The fourth-order valence-electron chi connectivity index (χ4n) is 4.02. The molecule has 0 radical (unpaired) electrons. The van der Waals surface area contributed by atoms with Crippen LogP contribution in [0.25, 0.3) is 0 Å². The fourth-order valence-corrected chi connectivity index (χ4v) is 7.58. The van der Waals surface area contributed by atoms with Crippen molar-refractivity contribution in [1.29, 1.82) is 0 Å². The largest absolute Gasteiger partial charge is 0.466 e. The van der Waals surface area contributed by atoms with Gasteiger partial charge in [-0.15, -0.1) is 0 Å². The summed E-state index contributed by atoms with van der Waals surface area (Å²) in [5.41, 5.74) is -0.680. The molecule has 0 N–H and O–H groups in total. The summed E-state index contributed by atoms with van der Waals surface area (Å²) in [4.78, 5) is 25.2. The summed E-state index contributed by atoms with van der Waals surface area (Å²) in [6.45, 7) is 2.07. The van der Waals surface area contributed by atoms with Crippen LogP contribution in [-0.4, -0.2) is 24.0 Å². The number of hydrogen-bond acceptors (Lipinski definition) is 4. The smallest absolute Gasteiger partial charge is 0.306 e. The molecule has 27 heavy (non-hydrogen) atoms. The third-order valence-electron chi connectivity index (χ3n) is 5.18. The van der Waals surface area contributed by atoms with E-state index in [4.69, 9.17) is 4.74 Å². The van der Waals surface area contributed by atoms with E-state index in [9.17, 15) is 14.2 Å². The lowest BCUT2D eigenvalue weighted by atomic mass is 9.85. The normalized spacial score (nSPS) is 20.3. The number of carbonyl (C=O) groups excluding carboxylic acids is 2. The van der Waals surface area contributed by atoms with Gasteiger partial charge < -0.3 is 9.30 Å². The Bertz CT molecular complexity index is 788. The molecular formula is C22H25O4P. The van der Waals surface area contributed by atoms with Gasteiger partial charge in [0.1, 0.15) is 5.78 Å². The maximum Gasteiger partial charge on any atom is 0.306 e. The second kappa shape index (κ2) is 8.67. The molecule has 5 heteroatoms. The first-order chi connectivity index (χ1) is 13.1. The van der Waals surface area contributed by atoms with Crippen molar-refractivity contribution in [2.75, 3.05) is 6.61 Å². The van der Waals surface area contributed by atoms with Gasteiger partial charge >= 0.3 is 5.97 Å². The van der Waals surface area contributed by atoms with Crippen LogP contribution in [0, 0.1) is 5.92 Å². The molecule has 1 saturated carbocycles. The summed E-state index contributed by atoms with van der Waals surface area (Å²) >= 11 is 0. The van der Waals surface area contributed by atoms with E-state index in [0.29, 0.717) is 30.1 Å². The first-order valence-corrected chi connectivity index (χ1v) is 11.2. The zero-order valence-electron chi connectivity index (χ0n) is 15.5. The van der Waals surface area contributed by atoms with Crippen molar-refractivity contribution in [2.45, 2.75) is 38.3 Å². The van der Waals surface area contributed by atoms with E-state index in [-0.39, 0.29) is 24.1 Å². The minimum Gasteiger partial charge on any atom is -0.466 e.